The van der Waals surface area contributed by atoms with Crippen molar-refractivity contribution < 1.29 is 21.9 Å². The van der Waals surface area contributed by atoms with Crippen LogP contribution in [-0.4, -0.2) is 59.6 Å². The van der Waals surface area contributed by atoms with E-state index in [1.54, 1.807) is 0 Å². The fraction of sp³-hybridized carbons (Fsp3) is 0. The van der Waals surface area contributed by atoms with Crippen LogP contribution in [0, 0.1) is 0 Å². The molecule has 0 aliphatic heterocycles. The first-order chi connectivity index (χ1) is 0. The first kappa shape index (κ1) is 131. The molecule has 0 radical (unpaired) electrons. The van der Waals surface area contributed by atoms with Gasteiger partial charge in [0.2, 0.25) is 0 Å². The molecule has 0 aromatic rings. The molecule has 0 heterocycles. The van der Waals surface area contributed by atoms with Crippen LogP contribution in [0.2, 0.25) is 0 Å². The predicted molar refractivity (Wildman–Crippen MR) is 33.3 cm³/mol. The van der Waals surface area contributed by atoms with Gasteiger partial charge in [0.1, 0.15) is 0 Å². The fourth-order valence-corrected chi connectivity index (χ4v) is 0. The second-order valence-corrected chi connectivity index (χ2v) is 0. The fourth-order valence-electron chi connectivity index (χ4n) is 0. The third-order valence-electron chi connectivity index (χ3n) is 0. The minimum atomic E-state index is 0. The average molecular weight is 195 g/mol. The number of rotatable bonds is 0. The normalized spacial score (nSPS) is 0. The number of hydrogen-bond acceptors (Lipinski definition) is 0. The minimum absolute atomic E-state index is 0. The molecule has 0 saturated carbocycles. The average Bonchev–Trinajstić information content (AvgIpc) is 0. The van der Waals surface area contributed by atoms with Crippen molar-refractivity contribution in [1.82, 2.24) is 0 Å². The molecule has 6 heteroatoms. The number of hydrogen-bond donors (Lipinski definition) is 0. The van der Waals surface area contributed by atoms with Crippen molar-refractivity contribution in [1.29, 1.82) is 0 Å². The molecule has 0 saturated heterocycles. The maximum atomic E-state index is 0. The number of halogens is 1. The Kier molecular flexibility index (Phi) is 1800. The molecule has 0 unspecified atom stereocenters. The van der Waals surface area contributed by atoms with Crippen LogP contribution >= 0.6 is 17.0 Å². The summed E-state index contributed by atoms with van der Waals surface area (Å²) in [5.41, 5.74) is 0. The molecule has 0 aromatic heterocycles. The van der Waals surface area contributed by atoms with Gasteiger partial charge in [0.15, 0.2) is 0 Å². The van der Waals surface area contributed by atoms with Crippen LogP contribution in [0.25, 0.3) is 0 Å². The summed E-state index contributed by atoms with van der Waals surface area (Å²) in [7, 11) is 0. The van der Waals surface area contributed by atoms with Crippen molar-refractivity contribution in [3.8, 4) is 0 Å². The monoisotopic (exact) mass is 194 g/mol. The Hall–Kier alpha value is 1.58. The van der Waals surface area contributed by atoms with Crippen molar-refractivity contribution in [2.45, 2.75) is 0 Å². The van der Waals surface area contributed by atoms with E-state index < -0.39 is 0 Å². The molecule has 0 aliphatic carbocycles. The summed E-state index contributed by atoms with van der Waals surface area (Å²) in [6.45, 7) is 0. The second-order valence-electron chi connectivity index (χ2n) is 0. The van der Waals surface area contributed by atoms with Gasteiger partial charge in [0.25, 0.3) is 0 Å². The molecule has 0 amide bonds. The van der Waals surface area contributed by atoms with Gasteiger partial charge in [-0.25, -0.2) is 0 Å². The van der Waals surface area contributed by atoms with E-state index in [1.165, 1.54) is 0 Å². The Morgan fingerprint density at radius 2 is 0.500 bits per heavy atom. The molecule has 44 valence electrons. The van der Waals surface area contributed by atoms with Gasteiger partial charge in [-0.15, -0.1) is 17.0 Å². The molecule has 0 atom stereocenters. The predicted octanol–water partition coefficient (Wildman–Crippen LogP) is -3.64. The molecular weight excluding hydrogens is 184 g/mol. The Morgan fingerprint density at radius 1 is 0.500 bits per heavy atom. The van der Waals surface area contributed by atoms with Gasteiger partial charge >= 0.3 is 37.7 Å². The van der Waals surface area contributed by atoms with Gasteiger partial charge in [0.05, 0.1) is 0 Å². The summed E-state index contributed by atoms with van der Waals surface area (Å²) in [5, 5.41) is 0. The first-order valence-corrected chi connectivity index (χ1v) is 0. The Bertz CT molecular complexity index is 7.51. The summed E-state index contributed by atoms with van der Waals surface area (Å²) in [4.78, 5) is 0. The molecule has 4 nitrogen and oxygen atoms in total. The molecular formula is H11BrCaO4. The van der Waals surface area contributed by atoms with E-state index in [9.17, 15) is 0 Å². The van der Waals surface area contributed by atoms with Crippen LogP contribution < -0.4 is 0 Å². The van der Waals surface area contributed by atoms with E-state index in [4.69, 9.17) is 0 Å². The van der Waals surface area contributed by atoms with Crippen LogP contribution in [-0.2, 0) is 0 Å². The maximum absolute atomic E-state index is 0. The van der Waals surface area contributed by atoms with E-state index >= 15 is 0 Å². The second kappa shape index (κ2) is 82.1. The Morgan fingerprint density at radius 3 is 0.500 bits per heavy atom. The van der Waals surface area contributed by atoms with Crippen molar-refractivity contribution >= 4 is 54.7 Å². The molecule has 0 aromatic carbocycles. The van der Waals surface area contributed by atoms with Gasteiger partial charge in [-0.1, -0.05) is 0 Å². The van der Waals surface area contributed by atoms with Gasteiger partial charge in [-0.3, -0.25) is 0 Å². The van der Waals surface area contributed by atoms with E-state index in [2.05, 4.69) is 0 Å². The summed E-state index contributed by atoms with van der Waals surface area (Å²) >= 11 is 0. The van der Waals surface area contributed by atoms with Crippen LogP contribution in [0.5, 0.6) is 0 Å². The Labute approximate surface area is 75.9 Å². The van der Waals surface area contributed by atoms with Crippen LogP contribution in [0.15, 0.2) is 0 Å². The standard InChI is InChI=1S/BrH.Ca.4H2O.2H/h1H;;4*1H2;;. The van der Waals surface area contributed by atoms with Crippen LogP contribution in [0.4, 0.5) is 0 Å². The summed E-state index contributed by atoms with van der Waals surface area (Å²) in [5.74, 6) is 0. The SMILES string of the molecule is Br.O.O.O.O.[CaH2]. The van der Waals surface area contributed by atoms with Crippen molar-refractivity contribution in [3.05, 3.63) is 0 Å². The summed E-state index contributed by atoms with van der Waals surface area (Å²) in [6, 6.07) is 0. The van der Waals surface area contributed by atoms with E-state index in [1.807, 2.05) is 0 Å². The summed E-state index contributed by atoms with van der Waals surface area (Å²) < 4.78 is 0. The molecule has 0 rings (SSSR count). The van der Waals surface area contributed by atoms with E-state index in [-0.39, 0.29) is 76.6 Å². The zero-order valence-corrected chi connectivity index (χ0v) is 4.12. The first-order valence-electron chi connectivity index (χ1n) is 0. The molecule has 0 aliphatic rings. The zero-order chi connectivity index (χ0) is 0. The topological polar surface area (TPSA) is 126 Å². The molecule has 0 bridgehead atoms. The molecule has 0 fully saturated rings. The summed E-state index contributed by atoms with van der Waals surface area (Å²) in [6.07, 6.45) is 0. The molecule has 6 heavy (non-hydrogen) atoms. The van der Waals surface area contributed by atoms with Gasteiger partial charge < -0.3 is 21.9 Å². The zero-order valence-electron chi connectivity index (χ0n) is 2.41. The third kappa shape index (κ3) is 46.9. The Balaban J connectivity index is 0. The van der Waals surface area contributed by atoms with Gasteiger partial charge in [0, 0.05) is 0 Å². The van der Waals surface area contributed by atoms with Gasteiger partial charge in [-0.2, -0.15) is 0 Å². The van der Waals surface area contributed by atoms with Crippen molar-refractivity contribution in [2.75, 3.05) is 0 Å². The van der Waals surface area contributed by atoms with E-state index in [0.29, 0.717) is 0 Å². The quantitative estimate of drug-likeness (QED) is 0.353. The third-order valence-corrected chi connectivity index (χ3v) is 0. The van der Waals surface area contributed by atoms with Gasteiger partial charge in [-0.05, 0) is 0 Å². The van der Waals surface area contributed by atoms with Crippen molar-refractivity contribution in [2.24, 2.45) is 0 Å². The molecule has 8 N–H and O–H groups in total. The van der Waals surface area contributed by atoms with E-state index in [0.717, 1.165) is 0 Å². The van der Waals surface area contributed by atoms with Crippen LogP contribution in [0.1, 0.15) is 0 Å². The van der Waals surface area contributed by atoms with Crippen LogP contribution in [0.3, 0.4) is 0 Å². The molecule has 0 spiro atoms. The van der Waals surface area contributed by atoms with Crippen molar-refractivity contribution in [3.63, 3.8) is 0 Å².